The Labute approximate surface area is 159 Å². The summed E-state index contributed by atoms with van der Waals surface area (Å²) < 4.78 is 5.27. The maximum Gasteiger partial charge on any atom is 0.322 e. The first-order valence-corrected chi connectivity index (χ1v) is 8.86. The lowest BCUT2D eigenvalue weighted by Gasteiger charge is -2.27. The molecular weight excluding hydrogens is 340 g/mol. The summed E-state index contributed by atoms with van der Waals surface area (Å²) in [5, 5.41) is 9.73. The average Bonchev–Trinajstić information content (AvgIpc) is 3.21. The number of nitrogens with one attached hydrogen (secondary N) is 2. The van der Waals surface area contributed by atoms with Gasteiger partial charge in [0.15, 0.2) is 0 Å². The molecule has 0 fully saturated rings. The van der Waals surface area contributed by atoms with Crippen LogP contribution >= 0.6 is 0 Å². The molecule has 0 aliphatic rings. The van der Waals surface area contributed by atoms with Crippen LogP contribution in [0.4, 0.5) is 10.5 Å². The van der Waals surface area contributed by atoms with Crippen LogP contribution in [0.15, 0.2) is 60.9 Å². The first-order chi connectivity index (χ1) is 13.1. The van der Waals surface area contributed by atoms with Crippen molar-refractivity contribution >= 4 is 11.7 Å². The fourth-order valence-corrected chi connectivity index (χ4v) is 2.81. The molecule has 0 saturated heterocycles. The number of urea groups is 1. The van der Waals surface area contributed by atoms with E-state index in [2.05, 4.69) is 15.5 Å². The Balaban J connectivity index is 1.69. The highest BCUT2D eigenvalue weighted by Gasteiger charge is 2.18. The minimum atomic E-state index is -0.135. The van der Waals surface area contributed by atoms with E-state index in [4.69, 9.17) is 4.74 Å². The van der Waals surface area contributed by atoms with E-state index >= 15 is 0 Å². The number of ether oxygens (including phenoxy) is 1. The number of rotatable bonds is 6. The third-order valence-electron chi connectivity index (χ3n) is 4.34. The molecule has 6 heteroatoms. The number of carbonyl (C=O) groups excluding carboxylic acids is 1. The van der Waals surface area contributed by atoms with Gasteiger partial charge in [-0.1, -0.05) is 24.3 Å². The molecule has 2 N–H and O–H groups in total. The van der Waals surface area contributed by atoms with Gasteiger partial charge in [-0.25, -0.2) is 4.79 Å². The molecule has 0 bridgehead atoms. The van der Waals surface area contributed by atoms with E-state index in [1.165, 1.54) is 0 Å². The molecule has 1 heterocycles. The van der Waals surface area contributed by atoms with Crippen molar-refractivity contribution in [2.45, 2.75) is 26.4 Å². The number of hydrogen-bond donors (Lipinski definition) is 2. The van der Waals surface area contributed by atoms with Crippen molar-refractivity contribution in [3.63, 3.8) is 0 Å². The van der Waals surface area contributed by atoms with E-state index < -0.39 is 0 Å². The van der Waals surface area contributed by atoms with E-state index in [1.807, 2.05) is 68.6 Å². The molecule has 0 unspecified atom stereocenters. The van der Waals surface area contributed by atoms with Crippen LogP contribution in [0.2, 0.25) is 0 Å². The molecule has 0 aliphatic carbocycles. The van der Waals surface area contributed by atoms with Crippen LogP contribution in [-0.2, 0) is 6.54 Å². The fourth-order valence-electron chi connectivity index (χ4n) is 2.81. The van der Waals surface area contributed by atoms with Gasteiger partial charge >= 0.3 is 6.03 Å². The highest BCUT2D eigenvalue weighted by atomic mass is 16.5. The van der Waals surface area contributed by atoms with Crippen molar-refractivity contribution in [1.29, 1.82) is 0 Å². The molecule has 3 aromatic rings. The minimum absolute atomic E-state index is 0.0569. The Bertz CT molecular complexity index is 873. The number of hydrogen-bond acceptors (Lipinski definition) is 3. The van der Waals surface area contributed by atoms with Gasteiger partial charge in [-0.05, 0) is 49.2 Å². The van der Waals surface area contributed by atoms with Gasteiger partial charge < -0.3 is 15.0 Å². The second kappa shape index (κ2) is 8.40. The number of nitrogens with zero attached hydrogens (tertiary/aromatic N) is 2. The van der Waals surface area contributed by atoms with Gasteiger partial charge in [-0.2, -0.15) is 5.10 Å². The maximum absolute atomic E-state index is 12.8. The van der Waals surface area contributed by atoms with E-state index in [9.17, 15) is 4.79 Å². The predicted molar refractivity (Wildman–Crippen MR) is 107 cm³/mol. The SMILES string of the molecule is COc1cccc(CN(C(=O)Nc2ccc(-c3cn[nH]c3)cc2)C(C)C)c1. The smallest absolute Gasteiger partial charge is 0.322 e. The number of methoxy groups -OCH3 is 1. The largest absolute Gasteiger partial charge is 0.497 e. The van der Waals surface area contributed by atoms with Crippen molar-refractivity contribution in [3.05, 3.63) is 66.5 Å². The third-order valence-corrected chi connectivity index (χ3v) is 4.34. The summed E-state index contributed by atoms with van der Waals surface area (Å²) in [4.78, 5) is 14.6. The van der Waals surface area contributed by atoms with Gasteiger partial charge in [0, 0.05) is 30.0 Å². The molecule has 1 aromatic heterocycles. The second-order valence-corrected chi connectivity index (χ2v) is 6.57. The monoisotopic (exact) mass is 364 g/mol. The van der Waals surface area contributed by atoms with Crippen molar-refractivity contribution < 1.29 is 9.53 Å². The summed E-state index contributed by atoms with van der Waals surface area (Å²) >= 11 is 0. The standard InChI is InChI=1S/C21H24N4O2/c1-15(2)25(14-16-5-4-6-20(11-16)27-3)21(26)24-19-9-7-17(8-10-19)18-12-22-23-13-18/h4-13,15H,14H2,1-3H3,(H,22,23)(H,24,26). The van der Waals surface area contributed by atoms with Crippen LogP contribution < -0.4 is 10.1 Å². The summed E-state index contributed by atoms with van der Waals surface area (Å²) in [5.41, 5.74) is 3.82. The first kappa shape index (κ1) is 18.5. The zero-order chi connectivity index (χ0) is 19.2. The number of benzene rings is 2. The maximum atomic E-state index is 12.8. The van der Waals surface area contributed by atoms with E-state index in [-0.39, 0.29) is 12.1 Å². The van der Waals surface area contributed by atoms with Crippen molar-refractivity contribution in [3.8, 4) is 16.9 Å². The molecule has 0 aliphatic heterocycles. The highest BCUT2D eigenvalue weighted by Crippen LogP contribution is 2.21. The van der Waals surface area contributed by atoms with Gasteiger partial charge in [0.05, 0.1) is 13.3 Å². The Hall–Kier alpha value is -3.28. The van der Waals surface area contributed by atoms with Crippen LogP contribution in [0, 0.1) is 0 Å². The van der Waals surface area contributed by atoms with Gasteiger partial charge in [0.2, 0.25) is 0 Å². The second-order valence-electron chi connectivity index (χ2n) is 6.57. The number of H-pyrrole nitrogens is 1. The van der Waals surface area contributed by atoms with Crippen LogP contribution in [0.3, 0.4) is 0 Å². The topological polar surface area (TPSA) is 70.2 Å². The number of amides is 2. The molecule has 0 saturated carbocycles. The number of carbonyl (C=O) groups is 1. The van der Waals surface area contributed by atoms with Crippen LogP contribution in [0.5, 0.6) is 5.75 Å². The highest BCUT2D eigenvalue weighted by molar-refractivity contribution is 5.89. The van der Waals surface area contributed by atoms with Crippen LogP contribution in [-0.4, -0.2) is 34.3 Å². The van der Waals surface area contributed by atoms with Crippen molar-refractivity contribution in [2.75, 3.05) is 12.4 Å². The molecular formula is C21H24N4O2. The van der Waals surface area contributed by atoms with Crippen molar-refractivity contribution in [1.82, 2.24) is 15.1 Å². The molecule has 0 radical (unpaired) electrons. The zero-order valence-corrected chi connectivity index (χ0v) is 15.8. The molecule has 0 atom stereocenters. The fraction of sp³-hybridized carbons (Fsp3) is 0.238. The lowest BCUT2D eigenvalue weighted by atomic mass is 10.1. The molecule has 2 amide bonds. The molecule has 0 spiro atoms. The normalized spacial score (nSPS) is 10.7. The lowest BCUT2D eigenvalue weighted by molar-refractivity contribution is 0.193. The van der Waals surface area contributed by atoms with E-state index in [1.54, 1.807) is 18.2 Å². The zero-order valence-electron chi connectivity index (χ0n) is 15.8. The summed E-state index contributed by atoms with van der Waals surface area (Å²) in [7, 11) is 1.64. The Morgan fingerprint density at radius 1 is 1.19 bits per heavy atom. The molecule has 6 nitrogen and oxygen atoms in total. The van der Waals surface area contributed by atoms with E-state index in [0.717, 1.165) is 28.1 Å². The Morgan fingerprint density at radius 2 is 1.96 bits per heavy atom. The molecule has 3 rings (SSSR count). The van der Waals surface area contributed by atoms with Crippen molar-refractivity contribution in [2.24, 2.45) is 0 Å². The number of anilines is 1. The summed E-state index contributed by atoms with van der Waals surface area (Å²) in [6.45, 7) is 4.51. The molecule has 27 heavy (non-hydrogen) atoms. The quantitative estimate of drug-likeness (QED) is 0.675. The summed E-state index contributed by atoms with van der Waals surface area (Å²) in [6.07, 6.45) is 3.60. The lowest BCUT2D eigenvalue weighted by Crippen LogP contribution is -2.39. The summed E-state index contributed by atoms with van der Waals surface area (Å²) in [5.74, 6) is 0.784. The van der Waals surface area contributed by atoms with E-state index in [0.29, 0.717) is 6.54 Å². The Morgan fingerprint density at radius 3 is 2.59 bits per heavy atom. The average molecular weight is 364 g/mol. The van der Waals surface area contributed by atoms with Gasteiger partial charge in [0.1, 0.15) is 5.75 Å². The van der Waals surface area contributed by atoms with Crippen LogP contribution in [0.25, 0.3) is 11.1 Å². The Kier molecular flexibility index (Phi) is 5.76. The number of aromatic amines is 1. The number of aromatic nitrogens is 2. The molecule has 2 aromatic carbocycles. The first-order valence-electron chi connectivity index (χ1n) is 8.86. The molecule has 140 valence electrons. The van der Waals surface area contributed by atoms with Gasteiger partial charge in [-0.3, -0.25) is 5.10 Å². The van der Waals surface area contributed by atoms with Crippen LogP contribution in [0.1, 0.15) is 19.4 Å². The minimum Gasteiger partial charge on any atom is -0.497 e. The predicted octanol–water partition coefficient (Wildman–Crippen LogP) is 4.53. The van der Waals surface area contributed by atoms with Gasteiger partial charge in [-0.15, -0.1) is 0 Å². The third kappa shape index (κ3) is 4.67. The summed E-state index contributed by atoms with van der Waals surface area (Å²) in [6, 6.07) is 15.4. The van der Waals surface area contributed by atoms with Gasteiger partial charge in [0.25, 0.3) is 0 Å².